The molecule has 3 aliphatic rings. The number of benzene rings is 2. The van der Waals surface area contributed by atoms with Crippen molar-refractivity contribution in [1.29, 1.82) is 0 Å². The number of H-pyrrole nitrogens is 1. The van der Waals surface area contributed by atoms with E-state index in [0.29, 0.717) is 12.1 Å². The third kappa shape index (κ3) is 3.33. The number of aromatic nitrogens is 1. The van der Waals surface area contributed by atoms with E-state index in [0.717, 1.165) is 38.6 Å². The van der Waals surface area contributed by atoms with Crippen molar-refractivity contribution in [2.45, 2.75) is 43.8 Å². The summed E-state index contributed by atoms with van der Waals surface area (Å²) in [5, 5.41) is 5.06. The maximum absolute atomic E-state index is 5.41. The summed E-state index contributed by atoms with van der Waals surface area (Å²) >= 11 is 0. The molecule has 3 heterocycles. The van der Waals surface area contributed by atoms with E-state index in [1.807, 2.05) is 0 Å². The maximum Gasteiger partial charge on any atom is 0.0759 e. The zero-order chi connectivity index (χ0) is 20.8. The molecule has 158 valence electrons. The van der Waals surface area contributed by atoms with Crippen molar-refractivity contribution in [2.24, 2.45) is 0 Å². The van der Waals surface area contributed by atoms with Crippen LogP contribution in [-0.4, -0.2) is 53.0 Å². The summed E-state index contributed by atoms with van der Waals surface area (Å²) in [5.41, 5.74) is 6.79. The number of likely N-dealkylation sites (tertiary alicyclic amines) is 1. The molecule has 1 atom stereocenters. The fraction of sp³-hybridized carbons (Fsp3) is 0.407. The number of rotatable bonds is 5. The highest BCUT2D eigenvalue weighted by molar-refractivity contribution is 5.85. The Bertz CT molecular complexity index is 1110. The lowest BCUT2D eigenvalue weighted by atomic mass is 9.85. The number of nitrogens with one attached hydrogen (secondary N) is 2. The monoisotopic (exact) mass is 410 g/mol. The van der Waals surface area contributed by atoms with Crippen LogP contribution < -0.4 is 5.32 Å². The van der Waals surface area contributed by atoms with Gasteiger partial charge in [0, 0.05) is 48.0 Å². The molecular formula is C27H30N4. The summed E-state index contributed by atoms with van der Waals surface area (Å²) in [6.45, 7) is 3.96. The van der Waals surface area contributed by atoms with Crippen LogP contribution >= 0.6 is 0 Å². The Morgan fingerprint density at radius 1 is 1.06 bits per heavy atom. The highest BCUT2D eigenvalue weighted by Gasteiger charge is 2.37. The molecule has 0 bridgehead atoms. The van der Waals surface area contributed by atoms with Crippen molar-refractivity contribution < 1.29 is 0 Å². The number of nitrogens with zero attached hydrogens (tertiary/aromatic N) is 2. The molecule has 6 rings (SSSR count). The van der Waals surface area contributed by atoms with Crippen LogP contribution in [0.5, 0.6) is 0 Å². The molecule has 1 unspecified atom stereocenters. The minimum atomic E-state index is 0.324. The molecule has 0 radical (unpaired) electrons. The van der Waals surface area contributed by atoms with Gasteiger partial charge < -0.3 is 10.3 Å². The van der Waals surface area contributed by atoms with Crippen LogP contribution in [0.1, 0.15) is 42.1 Å². The number of fused-ring (bicyclic) bond motifs is 3. The number of terminal acetylenes is 1. The van der Waals surface area contributed by atoms with Gasteiger partial charge in [0.25, 0.3) is 0 Å². The van der Waals surface area contributed by atoms with Crippen molar-refractivity contribution >= 4 is 16.6 Å². The second kappa shape index (κ2) is 7.75. The van der Waals surface area contributed by atoms with E-state index in [-0.39, 0.29) is 0 Å². The molecule has 1 aliphatic carbocycles. The third-order valence-electron chi connectivity index (χ3n) is 7.48. The Kier molecular flexibility index (Phi) is 4.74. The molecule has 2 fully saturated rings. The zero-order valence-electron chi connectivity index (χ0n) is 18.0. The Morgan fingerprint density at radius 2 is 1.87 bits per heavy atom. The van der Waals surface area contributed by atoms with Crippen molar-refractivity contribution in [3.8, 4) is 12.3 Å². The fourth-order valence-electron chi connectivity index (χ4n) is 5.65. The normalized spacial score (nSPS) is 22.5. The van der Waals surface area contributed by atoms with Crippen LogP contribution in [-0.2, 0) is 6.42 Å². The topological polar surface area (TPSA) is 34.3 Å². The van der Waals surface area contributed by atoms with Crippen molar-refractivity contribution in [3.05, 3.63) is 65.4 Å². The predicted octanol–water partition coefficient (Wildman–Crippen LogP) is 4.40. The van der Waals surface area contributed by atoms with Crippen LogP contribution in [0.2, 0.25) is 0 Å². The average molecular weight is 411 g/mol. The standard InChI is InChI=1S/C27H30N4/c1-2-15-30-17-21(18-30)28-20-12-10-19(11-13-20)27-26-24(14-16-31(27)22-6-5-7-22)23-8-3-4-9-25(23)29-26/h1,3-4,8-13,21-22,27-29H,5-7,14-18H2. The first-order valence-corrected chi connectivity index (χ1v) is 11.7. The molecule has 2 aromatic carbocycles. The Balaban J connectivity index is 1.28. The molecule has 1 saturated carbocycles. The predicted molar refractivity (Wildman–Crippen MR) is 127 cm³/mol. The largest absolute Gasteiger partial charge is 0.380 e. The van der Waals surface area contributed by atoms with Crippen LogP contribution in [0, 0.1) is 12.3 Å². The van der Waals surface area contributed by atoms with E-state index < -0.39 is 0 Å². The molecule has 2 aliphatic heterocycles. The Hall–Kier alpha value is -2.74. The third-order valence-corrected chi connectivity index (χ3v) is 7.48. The smallest absolute Gasteiger partial charge is 0.0759 e. The lowest BCUT2D eigenvalue weighted by Crippen LogP contribution is -2.54. The quantitative estimate of drug-likeness (QED) is 0.612. The van der Waals surface area contributed by atoms with Gasteiger partial charge in [-0.3, -0.25) is 9.80 Å². The van der Waals surface area contributed by atoms with Crippen molar-refractivity contribution in [1.82, 2.24) is 14.8 Å². The molecule has 0 spiro atoms. The molecule has 2 N–H and O–H groups in total. The molecule has 31 heavy (non-hydrogen) atoms. The van der Waals surface area contributed by atoms with E-state index in [9.17, 15) is 0 Å². The van der Waals surface area contributed by atoms with Gasteiger partial charge >= 0.3 is 0 Å². The van der Waals surface area contributed by atoms with Gasteiger partial charge in [-0.05, 0) is 48.6 Å². The second-order valence-corrected chi connectivity index (χ2v) is 9.40. The van der Waals surface area contributed by atoms with Crippen LogP contribution in [0.4, 0.5) is 5.69 Å². The molecule has 4 nitrogen and oxygen atoms in total. The number of hydrogen-bond acceptors (Lipinski definition) is 3. The van der Waals surface area contributed by atoms with E-state index >= 15 is 0 Å². The minimum Gasteiger partial charge on any atom is -0.380 e. The van der Waals surface area contributed by atoms with Crippen LogP contribution in [0.3, 0.4) is 0 Å². The van der Waals surface area contributed by atoms with E-state index in [4.69, 9.17) is 6.42 Å². The SMILES string of the molecule is C#CCN1CC(Nc2ccc(C3c4[nH]c5ccccc5c4CCN3C3CCC3)cc2)C1. The molecule has 1 saturated heterocycles. The van der Waals surface area contributed by atoms with Crippen molar-refractivity contribution in [3.63, 3.8) is 0 Å². The molecule has 1 aromatic heterocycles. The van der Waals surface area contributed by atoms with E-state index in [1.165, 1.54) is 52.7 Å². The first-order chi connectivity index (χ1) is 15.3. The summed E-state index contributed by atoms with van der Waals surface area (Å²) < 4.78 is 0. The average Bonchev–Trinajstić information content (AvgIpc) is 3.10. The van der Waals surface area contributed by atoms with Gasteiger partial charge in [-0.15, -0.1) is 6.42 Å². The van der Waals surface area contributed by atoms with Gasteiger partial charge in [-0.1, -0.05) is 42.7 Å². The fourth-order valence-corrected chi connectivity index (χ4v) is 5.65. The molecule has 0 amide bonds. The molecule has 3 aromatic rings. The number of para-hydroxylation sites is 1. The summed E-state index contributed by atoms with van der Waals surface area (Å²) in [4.78, 5) is 8.85. The Morgan fingerprint density at radius 3 is 2.61 bits per heavy atom. The van der Waals surface area contributed by atoms with Gasteiger partial charge in [0.2, 0.25) is 0 Å². The van der Waals surface area contributed by atoms with Gasteiger partial charge in [-0.25, -0.2) is 0 Å². The summed E-state index contributed by atoms with van der Waals surface area (Å²) in [6.07, 6.45) is 10.6. The number of hydrogen-bond donors (Lipinski definition) is 2. The van der Waals surface area contributed by atoms with Gasteiger partial charge in [0.1, 0.15) is 0 Å². The second-order valence-electron chi connectivity index (χ2n) is 9.40. The summed E-state index contributed by atoms with van der Waals surface area (Å²) in [5.74, 6) is 2.73. The lowest BCUT2D eigenvalue weighted by molar-refractivity contribution is 0.0875. The van der Waals surface area contributed by atoms with Crippen molar-refractivity contribution in [2.75, 3.05) is 31.5 Å². The van der Waals surface area contributed by atoms with Crippen LogP contribution in [0.15, 0.2) is 48.5 Å². The maximum atomic E-state index is 5.41. The van der Waals surface area contributed by atoms with Gasteiger partial charge in [-0.2, -0.15) is 0 Å². The first-order valence-electron chi connectivity index (χ1n) is 11.7. The van der Waals surface area contributed by atoms with E-state index in [1.54, 1.807) is 0 Å². The van der Waals surface area contributed by atoms with Crippen LogP contribution in [0.25, 0.3) is 10.9 Å². The number of aromatic amines is 1. The zero-order valence-corrected chi connectivity index (χ0v) is 18.0. The summed E-state index contributed by atoms with van der Waals surface area (Å²) in [6, 6.07) is 19.5. The molecular weight excluding hydrogens is 380 g/mol. The Labute approximate surface area is 184 Å². The van der Waals surface area contributed by atoms with E-state index in [2.05, 4.69) is 74.6 Å². The summed E-state index contributed by atoms with van der Waals surface area (Å²) in [7, 11) is 0. The van der Waals surface area contributed by atoms with Gasteiger partial charge in [0.05, 0.1) is 18.6 Å². The highest BCUT2D eigenvalue weighted by atomic mass is 15.2. The number of anilines is 1. The lowest BCUT2D eigenvalue weighted by Gasteiger charge is -2.45. The first kappa shape index (κ1) is 19.0. The van der Waals surface area contributed by atoms with Gasteiger partial charge in [0.15, 0.2) is 0 Å². The minimum absolute atomic E-state index is 0.324. The molecule has 4 heteroatoms. The highest BCUT2D eigenvalue weighted by Crippen LogP contribution is 2.42.